The topological polar surface area (TPSA) is 54.0 Å². The second-order valence-corrected chi connectivity index (χ2v) is 5.27. The third kappa shape index (κ3) is 4.79. The van der Waals surface area contributed by atoms with Crippen LogP contribution in [0, 0.1) is 0 Å². The van der Waals surface area contributed by atoms with Crippen LogP contribution in [-0.4, -0.2) is 39.5 Å². The number of aliphatic hydroxyl groups excluding tert-OH is 1. The molecule has 0 atom stereocenters. The molecule has 2 aromatic rings. The number of benzene rings is 2. The van der Waals surface area contributed by atoms with Crippen molar-refractivity contribution in [3.05, 3.63) is 48.0 Å². The molecule has 0 saturated carbocycles. The van der Waals surface area contributed by atoms with Crippen LogP contribution >= 0.6 is 0 Å². The van der Waals surface area contributed by atoms with E-state index in [1.807, 2.05) is 54.4 Å². The van der Waals surface area contributed by atoms with Gasteiger partial charge in [0.1, 0.15) is 11.5 Å². The molecule has 0 saturated heterocycles. The van der Waals surface area contributed by atoms with Gasteiger partial charge in [-0.1, -0.05) is 0 Å². The zero-order valence-electron chi connectivity index (χ0n) is 13.9. The van der Waals surface area contributed by atoms with E-state index in [1.54, 1.807) is 14.2 Å². The highest BCUT2D eigenvalue weighted by atomic mass is 16.5. The number of hydrogen-bond donors (Lipinski definition) is 2. The van der Waals surface area contributed by atoms with Crippen molar-refractivity contribution in [2.24, 2.45) is 0 Å². The Kier molecular flexibility index (Phi) is 6.11. The van der Waals surface area contributed by atoms with Crippen LogP contribution in [0.2, 0.25) is 0 Å². The van der Waals surface area contributed by atoms with Gasteiger partial charge in [-0.15, -0.1) is 0 Å². The van der Waals surface area contributed by atoms with E-state index in [0.29, 0.717) is 13.1 Å². The number of nitrogens with zero attached hydrogens (tertiary/aromatic N) is 1. The van der Waals surface area contributed by atoms with Crippen LogP contribution in [0.4, 0.5) is 11.4 Å². The first kappa shape index (κ1) is 17.0. The van der Waals surface area contributed by atoms with E-state index >= 15 is 0 Å². The van der Waals surface area contributed by atoms with Gasteiger partial charge in [0.2, 0.25) is 0 Å². The molecule has 23 heavy (non-hydrogen) atoms. The van der Waals surface area contributed by atoms with Gasteiger partial charge in [-0.25, -0.2) is 0 Å². The number of methoxy groups -OCH3 is 2. The summed E-state index contributed by atoms with van der Waals surface area (Å²) in [5.41, 5.74) is 3.20. The Bertz CT molecular complexity index is 592. The maximum atomic E-state index is 8.97. The molecule has 0 heterocycles. The average molecular weight is 316 g/mol. The minimum atomic E-state index is 0.147. The molecule has 124 valence electrons. The van der Waals surface area contributed by atoms with Crippen molar-refractivity contribution in [1.82, 2.24) is 0 Å². The molecule has 5 nitrogen and oxygen atoms in total. The summed E-state index contributed by atoms with van der Waals surface area (Å²) < 4.78 is 10.6. The van der Waals surface area contributed by atoms with E-state index in [4.69, 9.17) is 14.6 Å². The fraction of sp³-hybridized carbons (Fsp3) is 0.333. The molecule has 2 aromatic carbocycles. The Morgan fingerprint density at radius 3 is 2.13 bits per heavy atom. The van der Waals surface area contributed by atoms with Crippen molar-refractivity contribution in [1.29, 1.82) is 0 Å². The molecule has 0 aromatic heterocycles. The largest absolute Gasteiger partial charge is 0.497 e. The van der Waals surface area contributed by atoms with Crippen molar-refractivity contribution in [2.45, 2.75) is 6.54 Å². The van der Waals surface area contributed by atoms with Crippen molar-refractivity contribution >= 4 is 11.4 Å². The number of hydrogen-bond acceptors (Lipinski definition) is 5. The summed E-state index contributed by atoms with van der Waals surface area (Å²) in [6, 6.07) is 13.9. The van der Waals surface area contributed by atoms with Crippen LogP contribution in [-0.2, 0) is 6.54 Å². The van der Waals surface area contributed by atoms with Crippen LogP contribution in [0.15, 0.2) is 42.5 Å². The predicted molar refractivity (Wildman–Crippen MR) is 93.7 cm³/mol. The zero-order chi connectivity index (χ0) is 16.7. The van der Waals surface area contributed by atoms with Crippen molar-refractivity contribution in [3.8, 4) is 11.5 Å². The molecule has 0 spiro atoms. The van der Waals surface area contributed by atoms with E-state index in [9.17, 15) is 0 Å². The van der Waals surface area contributed by atoms with Crippen LogP contribution < -0.4 is 19.7 Å². The maximum Gasteiger partial charge on any atom is 0.122 e. The predicted octanol–water partition coefficient (Wildman–Crippen LogP) is 2.74. The monoisotopic (exact) mass is 316 g/mol. The van der Waals surface area contributed by atoms with Crippen molar-refractivity contribution < 1.29 is 14.6 Å². The summed E-state index contributed by atoms with van der Waals surface area (Å²) in [6.07, 6.45) is 0. The minimum Gasteiger partial charge on any atom is -0.497 e. The van der Waals surface area contributed by atoms with E-state index in [1.165, 1.54) is 0 Å². The zero-order valence-corrected chi connectivity index (χ0v) is 13.9. The molecule has 0 bridgehead atoms. The highest BCUT2D eigenvalue weighted by Gasteiger charge is 2.03. The van der Waals surface area contributed by atoms with Crippen LogP contribution in [0.3, 0.4) is 0 Å². The normalized spacial score (nSPS) is 10.3. The van der Waals surface area contributed by atoms with Crippen molar-refractivity contribution in [3.63, 3.8) is 0 Å². The van der Waals surface area contributed by atoms with E-state index in [0.717, 1.165) is 28.4 Å². The molecular formula is C18H24N2O3. The molecule has 0 aliphatic carbocycles. The minimum absolute atomic E-state index is 0.147. The lowest BCUT2D eigenvalue weighted by atomic mass is 10.2. The second-order valence-electron chi connectivity index (χ2n) is 5.27. The fourth-order valence-corrected chi connectivity index (χ4v) is 2.29. The smallest absolute Gasteiger partial charge is 0.122 e. The lowest BCUT2D eigenvalue weighted by Crippen LogP contribution is -2.20. The summed E-state index contributed by atoms with van der Waals surface area (Å²) in [7, 11) is 5.25. The van der Waals surface area contributed by atoms with E-state index < -0.39 is 0 Å². The van der Waals surface area contributed by atoms with Crippen LogP contribution in [0.25, 0.3) is 0 Å². The van der Waals surface area contributed by atoms with Gasteiger partial charge >= 0.3 is 0 Å². The Balaban J connectivity index is 2.00. The van der Waals surface area contributed by atoms with E-state index in [2.05, 4.69) is 5.32 Å². The summed E-state index contributed by atoms with van der Waals surface area (Å²) in [5, 5.41) is 12.4. The third-order valence-corrected chi connectivity index (χ3v) is 3.65. The Morgan fingerprint density at radius 2 is 1.61 bits per heavy atom. The maximum absolute atomic E-state index is 8.97. The Hall–Kier alpha value is -2.40. The van der Waals surface area contributed by atoms with Gasteiger partial charge in [-0.05, 0) is 42.0 Å². The molecule has 0 radical (unpaired) electrons. The lowest BCUT2D eigenvalue weighted by molar-refractivity contribution is 0.304. The molecule has 0 unspecified atom stereocenters. The van der Waals surface area contributed by atoms with Crippen LogP contribution in [0.1, 0.15) is 5.56 Å². The highest BCUT2D eigenvalue weighted by molar-refractivity contribution is 5.55. The highest BCUT2D eigenvalue weighted by Crippen LogP contribution is 2.23. The van der Waals surface area contributed by atoms with Gasteiger partial charge in [0.15, 0.2) is 0 Å². The van der Waals surface area contributed by atoms with Gasteiger partial charge in [0.05, 0.1) is 20.8 Å². The molecule has 5 heteroatoms. The SMILES string of the molecule is COc1cc(CNc2ccc(N(C)CCO)cc2)cc(OC)c1. The number of nitrogens with one attached hydrogen (secondary N) is 1. The molecule has 2 rings (SSSR count). The van der Waals surface area contributed by atoms with Gasteiger partial charge in [-0.3, -0.25) is 0 Å². The molecule has 2 N–H and O–H groups in total. The summed E-state index contributed by atoms with van der Waals surface area (Å²) in [5.74, 6) is 1.56. The summed E-state index contributed by atoms with van der Waals surface area (Å²) in [4.78, 5) is 2.01. The number of aliphatic hydroxyl groups is 1. The quantitative estimate of drug-likeness (QED) is 0.784. The lowest BCUT2D eigenvalue weighted by Gasteiger charge is -2.18. The molecular weight excluding hydrogens is 292 g/mol. The van der Waals surface area contributed by atoms with Gasteiger partial charge in [-0.2, -0.15) is 0 Å². The van der Waals surface area contributed by atoms with Gasteiger partial charge in [0, 0.05) is 37.6 Å². The van der Waals surface area contributed by atoms with E-state index in [-0.39, 0.29) is 6.61 Å². The first-order chi connectivity index (χ1) is 11.2. The summed E-state index contributed by atoms with van der Waals surface area (Å²) >= 11 is 0. The molecule has 0 aliphatic rings. The fourth-order valence-electron chi connectivity index (χ4n) is 2.29. The van der Waals surface area contributed by atoms with Crippen molar-refractivity contribution in [2.75, 3.05) is 44.6 Å². The number of anilines is 2. The summed E-state index contributed by atoms with van der Waals surface area (Å²) in [6.45, 7) is 1.45. The van der Waals surface area contributed by atoms with Crippen LogP contribution in [0.5, 0.6) is 11.5 Å². The molecule has 0 aliphatic heterocycles. The second kappa shape index (κ2) is 8.29. The number of rotatable bonds is 8. The molecule has 0 amide bonds. The third-order valence-electron chi connectivity index (χ3n) is 3.65. The number of ether oxygens (including phenoxy) is 2. The molecule has 0 fully saturated rings. The standard InChI is InChI=1S/C18H24N2O3/c1-20(8-9-21)16-6-4-15(5-7-16)19-13-14-10-17(22-2)12-18(11-14)23-3/h4-7,10-12,19,21H,8-9,13H2,1-3H3. The first-order valence-corrected chi connectivity index (χ1v) is 7.54. The Morgan fingerprint density at radius 1 is 1.00 bits per heavy atom. The Labute approximate surface area is 137 Å². The number of likely N-dealkylation sites (N-methyl/N-ethyl adjacent to an activating group) is 1. The van der Waals surface area contributed by atoms with Gasteiger partial charge in [0.25, 0.3) is 0 Å². The first-order valence-electron chi connectivity index (χ1n) is 7.54. The average Bonchev–Trinajstić information content (AvgIpc) is 2.60. The van der Waals surface area contributed by atoms with Gasteiger partial charge < -0.3 is 24.8 Å².